The van der Waals surface area contributed by atoms with Gasteiger partial charge in [0.15, 0.2) is 0 Å². The highest BCUT2D eigenvalue weighted by Crippen LogP contribution is 2.30. The molecular formula is C18H22N2O4S. The van der Waals surface area contributed by atoms with Crippen molar-refractivity contribution >= 4 is 35.2 Å². The van der Waals surface area contributed by atoms with E-state index in [-0.39, 0.29) is 30.7 Å². The smallest absolute Gasteiger partial charge is 0.308 e. The summed E-state index contributed by atoms with van der Waals surface area (Å²) in [6.07, 6.45) is 2.18. The van der Waals surface area contributed by atoms with Gasteiger partial charge in [-0.25, -0.2) is 0 Å². The molecule has 1 aromatic carbocycles. The number of rotatable bonds is 4. The molecule has 7 heteroatoms. The molecule has 0 bridgehead atoms. The van der Waals surface area contributed by atoms with Gasteiger partial charge >= 0.3 is 5.97 Å². The number of hydrogen-bond acceptors (Lipinski definition) is 4. The van der Waals surface area contributed by atoms with Crippen molar-refractivity contribution in [1.82, 2.24) is 4.90 Å². The SMILES string of the molecule is CSc1ccc(N2CC(C(=O)N3C[C@@H](C)[C@H](C(=O)O)C3)CC2=O)cc1. The lowest BCUT2D eigenvalue weighted by molar-refractivity contribution is -0.142. The molecule has 0 saturated carbocycles. The van der Waals surface area contributed by atoms with Crippen LogP contribution in [0.3, 0.4) is 0 Å². The number of likely N-dealkylation sites (tertiary alicyclic amines) is 1. The predicted molar refractivity (Wildman–Crippen MR) is 95.6 cm³/mol. The number of anilines is 1. The van der Waals surface area contributed by atoms with Crippen molar-refractivity contribution in [2.24, 2.45) is 17.8 Å². The molecule has 6 nitrogen and oxygen atoms in total. The summed E-state index contributed by atoms with van der Waals surface area (Å²) in [6, 6.07) is 7.72. The van der Waals surface area contributed by atoms with E-state index in [4.69, 9.17) is 0 Å². The number of benzene rings is 1. The first-order valence-corrected chi connectivity index (χ1v) is 9.59. The minimum Gasteiger partial charge on any atom is -0.481 e. The third kappa shape index (κ3) is 3.51. The zero-order valence-electron chi connectivity index (χ0n) is 14.3. The number of amides is 2. The molecule has 1 unspecified atom stereocenters. The minimum atomic E-state index is -0.860. The second kappa shape index (κ2) is 7.07. The fourth-order valence-corrected chi connectivity index (χ4v) is 4.02. The molecule has 0 aromatic heterocycles. The highest BCUT2D eigenvalue weighted by molar-refractivity contribution is 7.98. The van der Waals surface area contributed by atoms with Gasteiger partial charge in [0, 0.05) is 36.6 Å². The van der Waals surface area contributed by atoms with Crippen LogP contribution in [0.15, 0.2) is 29.2 Å². The number of carbonyl (C=O) groups excluding carboxylic acids is 2. The van der Waals surface area contributed by atoms with Gasteiger partial charge in [-0.05, 0) is 36.4 Å². The van der Waals surface area contributed by atoms with Gasteiger partial charge in [-0.3, -0.25) is 14.4 Å². The van der Waals surface area contributed by atoms with E-state index in [9.17, 15) is 19.5 Å². The fraction of sp³-hybridized carbons (Fsp3) is 0.500. The van der Waals surface area contributed by atoms with Crippen molar-refractivity contribution in [1.29, 1.82) is 0 Å². The van der Waals surface area contributed by atoms with Gasteiger partial charge in [-0.15, -0.1) is 11.8 Å². The van der Waals surface area contributed by atoms with E-state index in [0.717, 1.165) is 10.6 Å². The second-order valence-corrected chi connectivity index (χ2v) is 7.65. The molecule has 0 aliphatic carbocycles. The lowest BCUT2D eigenvalue weighted by Crippen LogP contribution is -2.36. The third-order valence-corrected chi connectivity index (χ3v) is 5.84. The molecule has 2 amide bonds. The van der Waals surface area contributed by atoms with Crippen LogP contribution in [0.5, 0.6) is 0 Å². The Morgan fingerprint density at radius 1 is 1.16 bits per heavy atom. The van der Waals surface area contributed by atoms with Crippen LogP contribution in [0.4, 0.5) is 5.69 Å². The fourth-order valence-electron chi connectivity index (χ4n) is 3.61. The topological polar surface area (TPSA) is 77.9 Å². The van der Waals surface area contributed by atoms with Gasteiger partial charge in [-0.2, -0.15) is 0 Å². The Morgan fingerprint density at radius 2 is 1.84 bits per heavy atom. The van der Waals surface area contributed by atoms with Gasteiger partial charge in [0.25, 0.3) is 0 Å². The van der Waals surface area contributed by atoms with E-state index in [1.807, 2.05) is 37.4 Å². The number of carbonyl (C=O) groups is 3. The van der Waals surface area contributed by atoms with Crippen molar-refractivity contribution < 1.29 is 19.5 Å². The molecule has 2 fully saturated rings. The first kappa shape index (κ1) is 17.8. The van der Waals surface area contributed by atoms with E-state index in [1.54, 1.807) is 21.6 Å². The molecule has 2 aliphatic heterocycles. The number of aliphatic carboxylic acids is 1. The largest absolute Gasteiger partial charge is 0.481 e. The Labute approximate surface area is 151 Å². The standard InChI is InChI=1S/C18H22N2O4S/c1-11-8-19(10-15(11)18(23)24)17(22)12-7-16(21)20(9-12)13-3-5-14(25-2)6-4-13/h3-6,11-12,15H,7-10H2,1-2H3,(H,23,24)/t11-,12?,15-/m1/s1. The summed E-state index contributed by atoms with van der Waals surface area (Å²) in [4.78, 5) is 40.7. The Hall–Kier alpha value is -2.02. The van der Waals surface area contributed by atoms with Crippen molar-refractivity contribution in [3.8, 4) is 0 Å². The number of thioether (sulfide) groups is 1. The lowest BCUT2D eigenvalue weighted by atomic mass is 9.99. The Balaban J connectivity index is 1.67. The van der Waals surface area contributed by atoms with Gasteiger partial charge < -0.3 is 14.9 Å². The summed E-state index contributed by atoms with van der Waals surface area (Å²) in [5.41, 5.74) is 0.802. The van der Waals surface area contributed by atoms with Crippen LogP contribution >= 0.6 is 11.8 Å². The van der Waals surface area contributed by atoms with Crippen LogP contribution < -0.4 is 4.90 Å². The third-order valence-electron chi connectivity index (χ3n) is 5.10. The quantitative estimate of drug-likeness (QED) is 0.828. The predicted octanol–water partition coefficient (Wildman–Crippen LogP) is 1.94. The number of hydrogen-bond donors (Lipinski definition) is 1. The van der Waals surface area contributed by atoms with Crippen molar-refractivity contribution in [3.63, 3.8) is 0 Å². The number of carboxylic acid groups (broad SMARTS) is 1. The normalized spacial score (nSPS) is 26.3. The van der Waals surface area contributed by atoms with Gasteiger partial charge in [0.05, 0.1) is 11.8 Å². The van der Waals surface area contributed by atoms with Crippen LogP contribution in [0.25, 0.3) is 0 Å². The van der Waals surface area contributed by atoms with Gasteiger partial charge in [0.1, 0.15) is 0 Å². The molecule has 2 aliphatic rings. The monoisotopic (exact) mass is 362 g/mol. The van der Waals surface area contributed by atoms with Crippen molar-refractivity contribution in [2.75, 3.05) is 30.8 Å². The highest BCUT2D eigenvalue weighted by Gasteiger charge is 2.42. The molecule has 1 aromatic rings. The van der Waals surface area contributed by atoms with E-state index in [0.29, 0.717) is 13.1 Å². The van der Waals surface area contributed by atoms with Crippen LogP contribution in [0.1, 0.15) is 13.3 Å². The molecule has 3 atom stereocenters. The van der Waals surface area contributed by atoms with Crippen LogP contribution in [0, 0.1) is 17.8 Å². The van der Waals surface area contributed by atoms with Gasteiger partial charge in [-0.1, -0.05) is 6.92 Å². The van der Waals surface area contributed by atoms with Crippen molar-refractivity contribution in [2.45, 2.75) is 18.2 Å². The Bertz CT molecular complexity index is 691. The van der Waals surface area contributed by atoms with E-state index in [1.165, 1.54) is 0 Å². The number of nitrogens with zero attached hydrogens (tertiary/aromatic N) is 2. The average molecular weight is 362 g/mol. The van der Waals surface area contributed by atoms with E-state index in [2.05, 4.69) is 0 Å². The van der Waals surface area contributed by atoms with Crippen LogP contribution in [-0.2, 0) is 14.4 Å². The maximum Gasteiger partial charge on any atom is 0.308 e. The summed E-state index contributed by atoms with van der Waals surface area (Å²) >= 11 is 1.63. The van der Waals surface area contributed by atoms with Crippen molar-refractivity contribution in [3.05, 3.63) is 24.3 Å². The molecule has 2 saturated heterocycles. The van der Waals surface area contributed by atoms with Crippen LogP contribution in [-0.4, -0.2) is 53.7 Å². The molecular weight excluding hydrogens is 340 g/mol. The molecule has 3 rings (SSSR count). The first-order chi connectivity index (χ1) is 11.9. The Kier molecular flexibility index (Phi) is 5.03. The highest BCUT2D eigenvalue weighted by atomic mass is 32.2. The van der Waals surface area contributed by atoms with Crippen LogP contribution in [0.2, 0.25) is 0 Å². The average Bonchev–Trinajstić information content (AvgIpc) is 3.17. The number of carboxylic acids is 1. The maximum atomic E-state index is 12.7. The molecule has 25 heavy (non-hydrogen) atoms. The van der Waals surface area contributed by atoms with E-state index >= 15 is 0 Å². The van der Waals surface area contributed by atoms with Gasteiger partial charge in [0.2, 0.25) is 11.8 Å². The minimum absolute atomic E-state index is 0.0581. The Morgan fingerprint density at radius 3 is 2.40 bits per heavy atom. The summed E-state index contributed by atoms with van der Waals surface area (Å²) in [6.45, 7) is 2.90. The maximum absolute atomic E-state index is 12.7. The first-order valence-electron chi connectivity index (χ1n) is 8.36. The second-order valence-electron chi connectivity index (χ2n) is 6.77. The van der Waals surface area contributed by atoms with E-state index < -0.39 is 17.8 Å². The molecule has 0 spiro atoms. The lowest BCUT2D eigenvalue weighted by Gasteiger charge is -2.21. The molecule has 134 valence electrons. The molecule has 1 N–H and O–H groups in total. The molecule has 2 heterocycles. The molecule has 0 radical (unpaired) electrons. The summed E-state index contributed by atoms with van der Waals surface area (Å²) in [5, 5.41) is 9.22. The summed E-state index contributed by atoms with van der Waals surface area (Å²) < 4.78 is 0. The zero-order valence-corrected chi connectivity index (χ0v) is 15.2. The summed E-state index contributed by atoms with van der Waals surface area (Å²) in [7, 11) is 0. The summed E-state index contributed by atoms with van der Waals surface area (Å²) in [5.74, 6) is -2.00. The zero-order chi connectivity index (χ0) is 18.1.